The van der Waals surface area contributed by atoms with Crippen molar-refractivity contribution in [2.24, 2.45) is 0 Å². The predicted octanol–water partition coefficient (Wildman–Crippen LogP) is 1.97. The van der Waals surface area contributed by atoms with Crippen LogP contribution in [0.4, 0.5) is 0 Å². The van der Waals surface area contributed by atoms with Gasteiger partial charge in [0.05, 0.1) is 13.7 Å². The molecule has 0 unspecified atom stereocenters. The van der Waals surface area contributed by atoms with Crippen LogP contribution in [0.15, 0.2) is 18.2 Å². The van der Waals surface area contributed by atoms with Gasteiger partial charge in [-0.15, -0.1) is 0 Å². The first-order valence-electron chi connectivity index (χ1n) is 5.56. The molecule has 4 heteroatoms. The fourth-order valence-corrected chi connectivity index (χ4v) is 1.46. The lowest BCUT2D eigenvalue weighted by atomic mass is 10.0. The van der Waals surface area contributed by atoms with E-state index in [1.807, 2.05) is 19.9 Å². The highest BCUT2D eigenvalue weighted by Gasteiger charge is 2.15. The molecule has 0 aromatic heterocycles. The van der Waals surface area contributed by atoms with Gasteiger partial charge in [0.15, 0.2) is 0 Å². The first kappa shape index (κ1) is 13.5. The van der Waals surface area contributed by atoms with Crippen LogP contribution in [0.1, 0.15) is 35.7 Å². The number of benzene rings is 1. The first-order valence-corrected chi connectivity index (χ1v) is 5.56. The van der Waals surface area contributed by atoms with E-state index in [0.717, 1.165) is 5.56 Å². The molecule has 0 atom stereocenters. The van der Waals surface area contributed by atoms with Crippen molar-refractivity contribution in [1.82, 2.24) is 0 Å². The van der Waals surface area contributed by atoms with E-state index in [2.05, 4.69) is 0 Å². The molecule has 1 aromatic rings. The van der Waals surface area contributed by atoms with Crippen LogP contribution in [0.5, 0.6) is 5.75 Å². The van der Waals surface area contributed by atoms with Gasteiger partial charge in [-0.3, -0.25) is 0 Å². The van der Waals surface area contributed by atoms with Crippen LogP contribution in [0.3, 0.4) is 0 Å². The number of ether oxygens (including phenoxy) is 2. The van der Waals surface area contributed by atoms with Gasteiger partial charge in [0.2, 0.25) is 0 Å². The van der Waals surface area contributed by atoms with Crippen molar-refractivity contribution in [3.63, 3.8) is 0 Å². The number of hydrogen-bond donors (Lipinski definition) is 1. The highest BCUT2D eigenvalue weighted by atomic mass is 16.5. The van der Waals surface area contributed by atoms with E-state index in [9.17, 15) is 4.79 Å². The second-order valence-electron chi connectivity index (χ2n) is 3.97. The average Bonchev–Trinajstić information content (AvgIpc) is 2.34. The standard InChI is InChI=1S/C13H18O4/c1-9(2)10-4-5-12(16-3)11(8-10)13(15)17-7-6-14/h4-5,8-9,14H,6-7H2,1-3H3. The number of methoxy groups -OCH3 is 1. The molecule has 17 heavy (non-hydrogen) atoms. The monoisotopic (exact) mass is 238 g/mol. The molecule has 0 heterocycles. The minimum Gasteiger partial charge on any atom is -0.496 e. The van der Waals surface area contributed by atoms with Gasteiger partial charge < -0.3 is 14.6 Å². The summed E-state index contributed by atoms with van der Waals surface area (Å²) in [6, 6.07) is 5.44. The molecule has 1 aromatic carbocycles. The fourth-order valence-electron chi connectivity index (χ4n) is 1.46. The Morgan fingerprint density at radius 1 is 1.41 bits per heavy atom. The van der Waals surface area contributed by atoms with Gasteiger partial charge in [-0.05, 0) is 23.6 Å². The van der Waals surface area contributed by atoms with Gasteiger partial charge in [-0.25, -0.2) is 4.79 Å². The molecule has 1 rings (SSSR count). The van der Waals surface area contributed by atoms with Crippen molar-refractivity contribution in [2.75, 3.05) is 20.3 Å². The van der Waals surface area contributed by atoms with Crippen LogP contribution < -0.4 is 4.74 Å². The van der Waals surface area contributed by atoms with Crippen molar-refractivity contribution >= 4 is 5.97 Å². The second-order valence-corrected chi connectivity index (χ2v) is 3.97. The Labute approximate surface area is 101 Å². The molecule has 0 aliphatic rings. The maximum Gasteiger partial charge on any atom is 0.342 e. The van der Waals surface area contributed by atoms with Crippen molar-refractivity contribution < 1.29 is 19.4 Å². The number of carbonyl (C=O) groups excluding carboxylic acids is 1. The van der Waals surface area contributed by atoms with E-state index in [1.54, 1.807) is 12.1 Å². The lowest BCUT2D eigenvalue weighted by Gasteiger charge is -2.12. The Morgan fingerprint density at radius 3 is 2.65 bits per heavy atom. The summed E-state index contributed by atoms with van der Waals surface area (Å²) in [7, 11) is 1.51. The molecule has 0 spiro atoms. The zero-order valence-electron chi connectivity index (χ0n) is 10.4. The molecule has 0 amide bonds. The van der Waals surface area contributed by atoms with Crippen LogP contribution in [0, 0.1) is 0 Å². The Kier molecular flexibility index (Phi) is 4.97. The van der Waals surface area contributed by atoms with Gasteiger partial charge in [0.1, 0.15) is 17.9 Å². The van der Waals surface area contributed by atoms with E-state index in [4.69, 9.17) is 14.6 Å². The molecule has 0 bridgehead atoms. The number of hydrogen-bond acceptors (Lipinski definition) is 4. The van der Waals surface area contributed by atoms with E-state index in [0.29, 0.717) is 17.2 Å². The average molecular weight is 238 g/mol. The third-order valence-corrected chi connectivity index (χ3v) is 2.43. The predicted molar refractivity (Wildman–Crippen MR) is 64.5 cm³/mol. The van der Waals surface area contributed by atoms with Gasteiger partial charge >= 0.3 is 5.97 Å². The molecule has 0 saturated carbocycles. The van der Waals surface area contributed by atoms with E-state index in [-0.39, 0.29) is 13.2 Å². The summed E-state index contributed by atoms with van der Waals surface area (Å²) in [5, 5.41) is 8.62. The normalized spacial score (nSPS) is 10.4. The van der Waals surface area contributed by atoms with E-state index < -0.39 is 5.97 Å². The summed E-state index contributed by atoms with van der Waals surface area (Å²) in [6.45, 7) is 3.90. The Hall–Kier alpha value is -1.55. The second kappa shape index (κ2) is 6.25. The van der Waals surface area contributed by atoms with E-state index in [1.165, 1.54) is 7.11 Å². The van der Waals surface area contributed by atoms with Crippen molar-refractivity contribution in [2.45, 2.75) is 19.8 Å². The van der Waals surface area contributed by atoms with Gasteiger partial charge in [-0.2, -0.15) is 0 Å². The Balaban J connectivity index is 3.01. The summed E-state index contributed by atoms with van der Waals surface area (Å²) in [6.07, 6.45) is 0. The Morgan fingerprint density at radius 2 is 2.12 bits per heavy atom. The van der Waals surface area contributed by atoms with Crippen molar-refractivity contribution in [3.05, 3.63) is 29.3 Å². The smallest absolute Gasteiger partial charge is 0.342 e. The summed E-state index contributed by atoms with van der Waals surface area (Å²) in [4.78, 5) is 11.7. The van der Waals surface area contributed by atoms with Crippen LogP contribution in [-0.4, -0.2) is 31.4 Å². The number of esters is 1. The molecule has 0 aliphatic carbocycles. The zero-order chi connectivity index (χ0) is 12.8. The molecule has 0 aliphatic heterocycles. The highest BCUT2D eigenvalue weighted by molar-refractivity contribution is 5.92. The molecule has 0 fully saturated rings. The van der Waals surface area contributed by atoms with Gasteiger partial charge in [-0.1, -0.05) is 19.9 Å². The van der Waals surface area contributed by atoms with Crippen LogP contribution in [-0.2, 0) is 4.74 Å². The highest BCUT2D eigenvalue weighted by Crippen LogP contribution is 2.24. The maximum absolute atomic E-state index is 11.7. The summed E-state index contributed by atoms with van der Waals surface area (Å²) in [5.74, 6) is 0.334. The number of aliphatic hydroxyl groups excluding tert-OH is 1. The zero-order valence-corrected chi connectivity index (χ0v) is 10.4. The summed E-state index contributed by atoms with van der Waals surface area (Å²) in [5.41, 5.74) is 1.44. The lowest BCUT2D eigenvalue weighted by Crippen LogP contribution is -2.10. The first-order chi connectivity index (χ1) is 8.10. The fraction of sp³-hybridized carbons (Fsp3) is 0.462. The topological polar surface area (TPSA) is 55.8 Å². The molecule has 0 saturated heterocycles. The number of carbonyl (C=O) groups is 1. The van der Waals surface area contributed by atoms with Crippen molar-refractivity contribution in [1.29, 1.82) is 0 Å². The summed E-state index contributed by atoms with van der Waals surface area (Å²) >= 11 is 0. The third-order valence-electron chi connectivity index (χ3n) is 2.43. The largest absolute Gasteiger partial charge is 0.496 e. The van der Waals surface area contributed by atoms with Gasteiger partial charge in [0.25, 0.3) is 0 Å². The molecular weight excluding hydrogens is 220 g/mol. The summed E-state index contributed by atoms with van der Waals surface area (Å²) < 4.78 is 10.0. The van der Waals surface area contributed by atoms with Crippen LogP contribution in [0.2, 0.25) is 0 Å². The Bertz CT molecular complexity index is 385. The molecule has 94 valence electrons. The minimum absolute atomic E-state index is 0.00606. The molecule has 0 radical (unpaired) electrons. The molecule has 1 N–H and O–H groups in total. The lowest BCUT2D eigenvalue weighted by molar-refractivity contribution is 0.0430. The third kappa shape index (κ3) is 3.46. The van der Waals surface area contributed by atoms with Crippen molar-refractivity contribution in [3.8, 4) is 5.75 Å². The number of rotatable bonds is 5. The quantitative estimate of drug-likeness (QED) is 0.797. The maximum atomic E-state index is 11.7. The van der Waals surface area contributed by atoms with Gasteiger partial charge in [0, 0.05) is 0 Å². The molecular formula is C13H18O4. The van der Waals surface area contributed by atoms with E-state index >= 15 is 0 Å². The minimum atomic E-state index is -0.474. The number of aliphatic hydroxyl groups is 1. The SMILES string of the molecule is COc1ccc(C(C)C)cc1C(=O)OCCO. The molecule has 4 nitrogen and oxygen atoms in total. The van der Waals surface area contributed by atoms with Crippen LogP contribution >= 0.6 is 0 Å². The van der Waals surface area contributed by atoms with Crippen LogP contribution in [0.25, 0.3) is 0 Å².